The summed E-state index contributed by atoms with van der Waals surface area (Å²) >= 11 is 0. The van der Waals surface area contributed by atoms with Crippen molar-refractivity contribution < 1.29 is 14.3 Å². The molecule has 0 radical (unpaired) electrons. The van der Waals surface area contributed by atoms with E-state index in [-0.39, 0.29) is 11.0 Å². The fraction of sp³-hybridized carbons (Fsp3) is 0.621. The van der Waals surface area contributed by atoms with Crippen LogP contribution in [0.25, 0.3) is 0 Å². The molecule has 1 aromatic carbocycles. The highest BCUT2D eigenvalue weighted by molar-refractivity contribution is 5.82. The van der Waals surface area contributed by atoms with Gasteiger partial charge in [0.05, 0.1) is 19.3 Å². The van der Waals surface area contributed by atoms with Gasteiger partial charge >= 0.3 is 0 Å². The van der Waals surface area contributed by atoms with Crippen LogP contribution in [0.4, 0.5) is 0 Å². The van der Waals surface area contributed by atoms with Crippen LogP contribution < -0.4 is 4.74 Å². The molecule has 1 heterocycles. The summed E-state index contributed by atoms with van der Waals surface area (Å²) in [5.41, 5.74) is 4.20. The fourth-order valence-electron chi connectivity index (χ4n) is 8.89. The van der Waals surface area contributed by atoms with Crippen molar-refractivity contribution in [3.8, 4) is 5.75 Å². The summed E-state index contributed by atoms with van der Waals surface area (Å²) in [7, 11) is 1.74. The number of fused-ring (bicyclic) bond motifs is 6. The quantitative estimate of drug-likeness (QED) is 0.519. The zero-order chi connectivity index (χ0) is 22.1. The highest BCUT2D eigenvalue weighted by Crippen LogP contribution is 2.70. The summed E-state index contributed by atoms with van der Waals surface area (Å²) in [5, 5.41) is 0. The second kappa shape index (κ2) is 7.32. The topological polar surface area (TPSA) is 35.5 Å². The van der Waals surface area contributed by atoms with E-state index in [2.05, 4.69) is 43.8 Å². The lowest BCUT2D eigenvalue weighted by Gasteiger charge is -2.58. The van der Waals surface area contributed by atoms with E-state index in [0.717, 1.165) is 50.9 Å². The van der Waals surface area contributed by atoms with E-state index in [9.17, 15) is 4.79 Å². The van der Waals surface area contributed by atoms with E-state index in [1.165, 1.54) is 23.1 Å². The number of rotatable bonds is 2. The Hall–Kier alpha value is -1.87. The van der Waals surface area contributed by atoms with Crippen LogP contribution in [0.2, 0.25) is 0 Å². The lowest BCUT2D eigenvalue weighted by atomic mass is 9.47. The molecule has 4 aliphatic carbocycles. The second-order valence-corrected chi connectivity index (χ2v) is 11.3. The number of hydrogen-bond acceptors (Lipinski definition) is 3. The Morgan fingerprint density at radius 2 is 1.94 bits per heavy atom. The molecule has 0 bridgehead atoms. The fourth-order valence-corrected chi connectivity index (χ4v) is 8.89. The van der Waals surface area contributed by atoms with Crippen LogP contribution in [0.1, 0.15) is 69.8 Å². The third-order valence-electron chi connectivity index (χ3n) is 10.3. The van der Waals surface area contributed by atoms with Gasteiger partial charge in [-0.3, -0.25) is 4.79 Å². The van der Waals surface area contributed by atoms with Crippen molar-refractivity contribution in [1.82, 2.24) is 0 Å². The first-order valence-corrected chi connectivity index (χ1v) is 12.6. The number of benzene rings is 1. The molecular weight excluding hydrogens is 396 g/mol. The summed E-state index contributed by atoms with van der Waals surface area (Å²) in [6, 6.07) is 8.83. The third-order valence-corrected chi connectivity index (χ3v) is 10.3. The Labute approximate surface area is 192 Å². The molecule has 3 saturated carbocycles. The zero-order valence-corrected chi connectivity index (χ0v) is 19.6. The summed E-state index contributed by atoms with van der Waals surface area (Å²) < 4.78 is 12.1. The van der Waals surface area contributed by atoms with Crippen molar-refractivity contribution in [2.24, 2.45) is 29.1 Å². The van der Waals surface area contributed by atoms with Crippen LogP contribution in [0.15, 0.2) is 48.1 Å². The Balaban J connectivity index is 1.46. The SMILES string of the molecule is C=C1CCO[C@@]12CC[C@H]1[C@@H]3CC=C4CC(=O)CC[C@@H]4[C@H]3[C@@H](c3ccc(OC)cc3)C[C@@]12C. The average Bonchev–Trinajstić information content (AvgIpc) is 3.33. The molecule has 0 unspecified atom stereocenters. The highest BCUT2D eigenvalue weighted by Gasteiger charge is 2.67. The number of carbonyl (C=O) groups excluding carboxylic acids is 1. The Kier molecular flexibility index (Phi) is 4.74. The normalized spacial score (nSPS) is 42.9. The smallest absolute Gasteiger partial charge is 0.136 e. The molecule has 32 heavy (non-hydrogen) atoms. The van der Waals surface area contributed by atoms with Gasteiger partial charge in [-0.25, -0.2) is 0 Å². The largest absolute Gasteiger partial charge is 0.497 e. The number of ketones is 1. The molecule has 6 rings (SSSR count). The van der Waals surface area contributed by atoms with Gasteiger partial charge in [-0.15, -0.1) is 0 Å². The maximum absolute atomic E-state index is 12.3. The van der Waals surface area contributed by atoms with Crippen LogP contribution in [0.3, 0.4) is 0 Å². The van der Waals surface area contributed by atoms with Gasteiger partial charge in [0.15, 0.2) is 0 Å². The molecule has 170 valence electrons. The van der Waals surface area contributed by atoms with Crippen LogP contribution in [0.5, 0.6) is 5.75 Å². The minimum Gasteiger partial charge on any atom is -0.497 e. The molecule has 1 aromatic rings. The van der Waals surface area contributed by atoms with Gasteiger partial charge in [-0.2, -0.15) is 0 Å². The van der Waals surface area contributed by atoms with Crippen LogP contribution in [-0.4, -0.2) is 25.1 Å². The summed E-state index contributed by atoms with van der Waals surface area (Å²) in [4.78, 5) is 12.3. The van der Waals surface area contributed by atoms with E-state index < -0.39 is 0 Å². The van der Waals surface area contributed by atoms with Crippen LogP contribution >= 0.6 is 0 Å². The number of Topliss-reactive ketones (excluding diaryl/α,β-unsaturated/α-hetero) is 1. The summed E-state index contributed by atoms with van der Waals surface area (Å²) in [6.45, 7) is 7.89. The molecule has 4 fully saturated rings. The Morgan fingerprint density at radius 3 is 2.66 bits per heavy atom. The zero-order valence-electron chi connectivity index (χ0n) is 19.6. The highest BCUT2D eigenvalue weighted by atomic mass is 16.5. The van der Waals surface area contributed by atoms with Gasteiger partial charge in [0.2, 0.25) is 0 Å². The van der Waals surface area contributed by atoms with Gasteiger partial charge in [-0.1, -0.05) is 37.3 Å². The van der Waals surface area contributed by atoms with E-state index in [4.69, 9.17) is 9.47 Å². The number of hydrogen-bond donors (Lipinski definition) is 0. The number of carbonyl (C=O) groups is 1. The second-order valence-electron chi connectivity index (χ2n) is 11.3. The van der Waals surface area contributed by atoms with Gasteiger partial charge in [0.25, 0.3) is 0 Å². The number of allylic oxidation sites excluding steroid dienone is 2. The minimum absolute atomic E-state index is 0.127. The monoisotopic (exact) mass is 432 g/mol. The van der Waals surface area contributed by atoms with Crippen LogP contribution in [-0.2, 0) is 9.53 Å². The van der Waals surface area contributed by atoms with Crippen molar-refractivity contribution in [1.29, 1.82) is 0 Å². The van der Waals surface area contributed by atoms with Crippen molar-refractivity contribution >= 4 is 5.78 Å². The molecule has 3 nitrogen and oxygen atoms in total. The number of ether oxygens (including phenoxy) is 2. The lowest BCUT2D eigenvalue weighted by molar-refractivity contribution is -0.124. The van der Waals surface area contributed by atoms with Crippen molar-refractivity contribution in [2.75, 3.05) is 13.7 Å². The van der Waals surface area contributed by atoms with E-state index in [1.54, 1.807) is 7.11 Å². The molecule has 0 amide bonds. The predicted molar refractivity (Wildman–Crippen MR) is 126 cm³/mol. The van der Waals surface area contributed by atoms with E-state index >= 15 is 0 Å². The van der Waals surface area contributed by atoms with Crippen LogP contribution in [0, 0.1) is 29.1 Å². The van der Waals surface area contributed by atoms with E-state index in [0.29, 0.717) is 41.8 Å². The van der Waals surface area contributed by atoms with Gasteiger partial charge in [0, 0.05) is 18.3 Å². The Morgan fingerprint density at radius 1 is 1.12 bits per heavy atom. The van der Waals surface area contributed by atoms with Crippen molar-refractivity contribution in [2.45, 2.75) is 69.8 Å². The molecular formula is C29H36O3. The summed E-state index contributed by atoms with van der Waals surface area (Å²) in [5.74, 6) is 4.37. The first-order valence-electron chi connectivity index (χ1n) is 12.6. The van der Waals surface area contributed by atoms with Gasteiger partial charge < -0.3 is 9.47 Å². The first kappa shape index (κ1) is 20.7. The Bertz CT molecular complexity index is 975. The molecule has 7 atom stereocenters. The molecule has 3 heteroatoms. The van der Waals surface area contributed by atoms with Crippen molar-refractivity contribution in [3.05, 3.63) is 53.6 Å². The standard InChI is InChI=1S/C29H36O3/c1-18-13-15-32-29(18)14-12-26-24-10-6-20-16-21(30)7-11-23(20)27(24)25(17-28(26,29)2)19-4-8-22(31-3)9-5-19/h4-6,8-9,23-27H,1,7,10-17H2,2-3H3/t23-,24-,25+,26-,27+,28-,29-/m0/s1. The van der Waals surface area contributed by atoms with E-state index in [1.807, 2.05) is 0 Å². The molecule has 1 saturated heterocycles. The maximum Gasteiger partial charge on any atom is 0.136 e. The molecule has 5 aliphatic rings. The molecule has 0 aromatic heterocycles. The molecule has 1 aliphatic heterocycles. The maximum atomic E-state index is 12.3. The lowest BCUT2D eigenvalue weighted by Crippen LogP contribution is -2.55. The van der Waals surface area contributed by atoms with Gasteiger partial charge in [0.1, 0.15) is 11.5 Å². The third kappa shape index (κ3) is 2.73. The minimum atomic E-state index is -0.139. The first-order chi connectivity index (χ1) is 15.5. The average molecular weight is 433 g/mol. The molecule has 0 N–H and O–H groups in total. The molecule has 1 spiro atoms. The van der Waals surface area contributed by atoms with Gasteiger partial charge in [-0.05, 0) is 91.4 Å². The summed E-state index contributed by atoms with van der Waals surface area (Å²) in [6.07, 6.45) is 10.6. The van der Waals surface area contributed by atoms with Crippen molar-refractivity contribution in [3.63, 3.8) is 0 Å². The predicted octanol–water partition coefficient (Wildman–Crippen LogP) is 6.25. The number of methoxy groups -OCH3 is 1.